The van der Waals surface area contributed by atoms with E-state index in [2.05, 4.69) is 20.9 Å². The first-order chi connectivity index (χ1) is 20.4. The molecule has 1 aliphatic carbocycles. The molecule has 42 heavy (non-hydrogen) atoms. The van der Waals surface area contributed by atoms with Crippen LogP contribution in [0.25, 0.3) is 0 Å². The summed E-state index contributed by atoms with van der Waals surface area (Å²) in [5, 5.41) is 9.33. The number of carbonyl (C=O) groups is 3. The Hall–Kier alpha value is -4.12. The summed E-state index contributed by atoms with van der Waals surface area (Å²) >= 11 is 0. The number of amides is 3. The normalized spacial score (nSPS) is 24.3. The lowest BCUT2D eigenvalue weighted by molar-refractivity contribution is -0.151. The van der Waals surface area contributed by atoms with Crippen LogP contribution in [0, 0.1) is 6.92 Å². The number of anilines is 2. The maximum absolute atomic E-state index is 14.0. The fourth-order valence-electron chi connectivity index (χ4n) is 6.74. The molecule has 10 heteroatoms. The molecule has 3 aliphatic heterocycles. The Morgan fingerprint density at radius 2 is 1.81 bits per heavy atom. The number of hydrogen-bond donors (Lipinski definition) is 3. The number of carbonyl (C=O) groups excluding carboxylic acids is 3. The van der Waals surface area contributed by atoms with Gasteiger partial charge in [-0.2, -0.15) is 0 Å². The highest BCUT2D eigenvalue weighted by molar-refractivity contribution is 6.06. The standard InChI is InChI=1S/C32H33N5O5/c1-20-4-6-21(7-5-20)26-16-34-32(18-41-11-12-42-19-32)30(40)37(26)17-27(38)35-24-9-8-22-14-31(15-23(22)13-24)25-3-2-10-33-28(25)36-29(31)39/h2-10,13,26,34H,11-12,14-19H2,1H3,(H,35,38)(H,33,36,39)/t26?,31-/m1/s1. The van der Waals surface area contributed by atoms with Crippen LogP contribution < -0.4 is 16.0 Å². The number of nitrogens with zero attached hydrogens (tertiary/aromatic N) is 2. The highest BCUT2D eigenvalue weighted by atomic mass is 16.5. The van der Waals surface area contributed by atoms with Gasteiger partial charge in [0.05, 0.1) is 37.9 Å². The van der Waals surface area contributed by atoms with Gasteiger partial charge in [0.2, 0.25) is 17.7 Å². The lowest BCUT2D eigenvalue weighted by Gasteiger charge is -2.45. The molecular weight excluding hydrogens is 534 g/mol. The maximum Gasteiger partial charge on any atom is 0.248 e. The Morgan fingerprint density at radius 3 is 2.60 bits per heavy atom. The zero-order valence-electron chi connectivity index (χ0n) is 23.4. The summed E-state index contributed by atoms with van der Waals surface area (Å²) in [7, 11) is 0. The quantitative estimate of drug-likeness (QED) is 0.442. The fourth-order valence-corrected chi connectivity index (χ4v) is 6.74. The van der Waals surface area contributed by atoms with Gasteiger partial charge in [-0.1, -0.05) is 42.0 Å². The van der Waals surface area contributed by atoms with Crippen molar-refractivity contribution in [1.82, 2.24) is 15.2 Å². The summed E-state index contributed by atoms with van der Waals surface area (Å²) in [4.78, 5) is 46.6. The molecule has 2 saturated heterocycles. The van der Waals surface area contributed by atoms with Crippen molar-refractivity contribution in [3.8, 4) is 0 Å². The zero-order chi connectivity index (χ0) is 28.9. The monoisotopic (exact) mass is 567 g/mol. The molecule has 0 radical (unpaired) electrons. The molecule has 4 aliphatic rings. The number of aromatic nitrogens is 1. The minimum absolute atomic E-state index is 0.0437. The number of hydrogen-bond acceptors (Lipinski definition) is 7. The lowest BCUT2D eigenvalue weighted by Crippen LogP contribution is -2.69. The van der Waals surface area contributed by atoms with E-state index in [1.807, 2.05) is 61.5 Å². The van der Waals surface area contributed by atoms with E-state index in [-0.39, 0.29) is 43.5 Å². The SMILES string of the molecule is Cc1ccc(C2CNC3(COCCOC3)C(=O)N2CC(=O)Nc2ccc3c(c2)C[C@@]2(C3)C(=O)Nc3ncccc32)cc1. The number of fused-ring (bicyclic) bond motifs is 3. The summed E-state index contributed by atoms with van der Waals surface area (Å²) in [5.41, 5.74) is 3.99. The van der Waals surface area contributed by atoms with Crippen molar-refractivity contribution in [1.29, 1.82) is 0 Å². The number of benzene rings is 2. The number of ether oxygens (including phenoxy) is 2. The first kappa shape index (κ1) is 26.8. The third-order valence-electron chi connectivity index (χ3n) is 8.99. The van der Waals surface area contributed by atoms with E-state index in [4.69, 9.17) is 9.47 Å². The highest BCUT2D eigenvalue weighted by Crippen LogP contribution is 2.47. The van der Waals surface area contributed by atoms with Crippen LogP contribution in [-0.2, 0) is 42.1 Å². The van der Waals surface area contributed by atoms with Gasteiger partial charge in [-0.25, -0.2) is 4.98 Å². The van der Waals surface area contributed by atoms with E-state index in [0.717, 1.165) is 27.8 Å². The predicted octanol–water partition coefficient (Wildman–Crippen LogP) is 2.28. The highest BCUT2D eigenvalue weighted by Gasteiger charge is 2.51. The molecule has 3 aromatic rings. The number of aryl methyl sites for hydroxylation is 1. The second-order valence-corrected chi connectivity index (χ2v) is 11.7. The van der Waals surface area contributed by atoms with E-state index < -0.39 is 11.0 Å². The average Bonchev–Trinajstić information content (AvgIpc) is 3.38. The molecule has 2 atom stereocenters. The summed E-state index contributed by atoms with van der Waals surface area (Å²) < 4.78 is 11.4. The fraction of sp³-hybridized carbons (Fsp3) is 0.375. The first-order valence-corrected chi connectivity index (χ1v) is 14.3. The molecular formula is C32H33N5O5. The van der Waals surface area contributed by atoms with E-state index in [1.54, 1.807) is 11.1 Å². The summed E-state index contributed by atoms with van der Waals surface area (Å²) in [5.74, 6) is 0.0632. The molecule has 3 amide bonds. The Morgan fingerprint density at radius 1 is 1.05 bits per heavy atom. The van der Waals surface area contributed by atoms with Gasteiger partial charge < -0.3 is 25.0 Å². The van der Waals surface area contributed by atoms with Gasteiger partial charge in [0, 0.05) is 24.0 Å². The molecule has 1 aromatic heterocycles. The van der Waals surface area contributed by atoms with Gasteiger partial charge in [0.15, 0.2) is 0 Å². The van der Waals surface area contributed by atoms with Crippen molar-refractivity contribution in [2.75, 3.05) is 50.2 Å². The number of rotatable bonds is 4. The van der Waals surface area contributed by atoms with Crippen LogP contribution in [0.2, 0.25) is 0 Å². The van der Waals surface area contributed by atoms with Crippen LogP contribution >= 0.6 is 0 Å². The molecule has 10 nitrogen and oxygen atoms in total. The van der Waals surface area contributed by atoms with Crippen LogP contribution in [0.1, 0.15) is 33.9 Å². The van der Waals surface area contributed by atoms with E-state index >= 15 is 0 Å². The number of piperazine rings is 1. The Labute approximate surface area is 243 Å². The molecule has 0 bridgehead atoms. The zero-order valence-corrected chi connectivity index (χ0v) is 23.4. The van der Waals surface area contributed by atoms with E-state index in [0.29, 0.717) is 44.1 Å². The van der Waals surface area contributed by atoms with Gasteiger partial charge in [0.25, 0.3) is 0 Å². The topological polar surface area (TPSA) is 122 Å². The maximum atomic E-state index is 14.0. The Kier molecular flexibility index (Phi) is 6.56. The molecule has 2 spiro atoms. The van der Waals surface area contributed by atoms with Crippen LogP contribution in [0.3, 0.4) is 0 Å². The summed E-state index contributed by atoms with van der Waals surface area (Å²) in [6.07, 6.45) is 2.80. The van der Waals surface area contributed by atoms with Gasteiger partial charge in [-0.05, 0) is 54.7 Å². The van der Waals surface area contributed by atoms with Crippen LogP contribution in [-0.4, -0.2) is 72.7 Å². The molecule has 0 saturated carbocycles. The van der Waals surface area contributed by atoms with Crippen LogP contribution in [0.15, 0.2) is 60.8 Å². The third kappa shape index (κ3) is 4.46. The van der Waals surface area contributed by atoms with Crippen LogP contribution in [0.5, 0.6) is 0 Å². The Bertz CT molecular complexity index is 1570. The number of nitrogens with one attached hydrogen (secondary N) is 3. The smallest absolute Gasteiger partial charge is 0.248 e. The van der Waals surface area contributed by atoms with Gasteiger partial charge >= 0.3 is 0 Å². The molecule has 3 N–H and O–H groups in total. The average molecular weight is 568 g/mol. The van der Waals surface area contributed by atoms with Crippen LogP contribution in [0.4, 0.5) is 11.5 Å². The van der Waals surface area contributed by atoms with E-state index in [1.165, 1.54) is 0 Å². The number of pyridine rings is 1. The van der Waals surface area contributed by atoms with Crippen molar-refractivity contribution in [3.63, 3.8) is 0 Å². The van der Waals surface area contributed by atoms with Gasteiger partial charge in [-0.3, -0.25) is 19.7 Å². The first-order valence-electron chi connectivity index (χ1n) is 14.3. The van der Waals surface area contributed by atoms with Crippen molar-refractivity contribution in [3.05, 3.63) is 88.6 Å². The third-order valence-corrected chi connectivity index (χ3v) is 8.99. The van der Waals surface area contributed by atoms with Crippen molar-refractivity contribution >= 4 is 29.2 Å². The second-order valence-electron chi connectivity index (χ2n) is 11.7. The summed E-state index contributed by atoms with van der Waals surface area (Å²) in [6, 6.07) is 17.3. The minimum Gasteiger partial charge on any atom is -0.376 e. The van der Waals surface area contributed by atoms with E-state index in [9.17, 15) is 14.4 Å². The second kappa shape index (κ2) is 10.3. The Balaban J connectivity index is 1.11. The minimum atomic E-state index is -1.03. The molecule has 4 heterocycles. The molecule has 7 rings (SSSR count). The van der Waals surface area contributed by atoms with Crippen molar-refractivity contribution < 1.29 is 23.9 Å². The molecule has 216 valence electrons. The predicted molar refractivity (Wildman–Crippen MR) is 155 cm³/mol. The molecule has 2 fully saturated rings. The van der Waals surface area contributed by atoms with Gasteiger partial charge in [0.1, 0.15) is 17.9 Å². The summed E-state index contributed by atoms with van der Waals surface area (Å²) in [6.45, 7) is 3.57. The molecule has 2 aromatic carbocycles. The van der Waals surface area contributed by atoms with Gasteiger partial charge in [-0.15, -0.1) is 0 Å². The lowest BCUT2D eigenvalue weighted by atomic mass is 9.79. The largest absolute Gasteiger partial charge is 0.376 e. The molecule has 1 unspecified atom stereocenters. The van der Waals surface area contributed by atoms with Crippen molar-refractivity contribution in [2.24, 2.45) is 0 Å². The van der Waals surface area contributed by atoms with Crippen molar-refractivity contribution in [2.45, 2.75) is 36.8 Å².